The first-order valence-electron chi connectivity index (χ1n) is 6.27. The van der Waals surface area contributed by atoms with Gasteiger partial charge in [0, 0.05) is 27.2 Å². The lowest BCUT2D eigenvalue weighted by Gasteiger charge is -2.28. The van der Waals surface area contributed by atoms with E-state index in [1.165, 1.54) is 16.8 Å². The number of unbranched alkanes of at least 4 members (excludes halogenated alkanes) is 2. The van der Waals surface area contributed by atoms with Gasteiger partial charge in [0.1, 0.15) is 6.04 Å². The minimum Gasteiger partial charge on any atom is -0.480 e. The van der Waals surface area contributed by atoms with E-state index in [4.69, 9.17) is 10.2 Å². The maximum atomic E-state index is 12.0. The lowest BCUT2D eigenvalue weighted by molar-refractivity contribution is -0.142. The molecule has 0 bridgehead atoms. The monoisotopic (exact) mass is 260 g/mol. The second-order valence-electron chi connectivity index (χ2n) is 4.36. The number of rotatable bonds is 8. The van der Waals surface area contributed by atoms with Crippen LogP contribution in [0.1, 0.15) is 32.6 Å². The van der Waals surface area contributed by atoms with Gasteiger partial charge in [-0.2, -0.15) is 0 Å². The van der Waals surface area contributed by atoms with Gasteiger partial charge in [-0.1, -0.05) is 6.92 Å². The van der Waals surface area contributed by atoms with Crippen LogP contribution in [0.5, 0.6) is 0 Å². The van der Waals surface area contributed by atoms with Gasteiger partial charge in [-0.05, 0) is 25.7 Å². The van der Waals surface area contributed by atoms with Crippen LogP contribution < -0.4 is 0 Å². The number of urea groups is 1. The van der Waals surface area contributed by atoms with Crippen molar-refractivity contribution in [3.63, 3.8) is 0 Å². The van der Waals surface area contributed by atoms with Crippen LogP contribution in [-0.2, 0) is 4.79 Å². The number of hydrogen-bond acceptors (Lipinski definition) is 3. The molecule has 0 rings (SSSR count). The summed E-state index contributed by atoms with van der Waals surface area (Å²) in [6, 6.07) is -1.06. The largest absolute Gasteiger partial charge is 0.480 e. The molecular formula is C12H24N2O4. The molecule has 6 nitrogen and oxygen atoms in total. The van der Waals surface area contributed by atoms with Gasteiger partial charge < -0.3 is 20.0 Å². The molecule has 6 heteroatoms. The molecule has 0 aromatic carbocycles. The van der Waals surface area contributed by atoms with Gasteiger partial charge in [-0.3, -0.25) is 0 Å². The number of carbonyl (C=O) groups is 2. The fourth-order valence-corrected chi connectivity index (χ4v) is 1.75. The zero-order valence-electron chi connectivity index (χ0n) is 11.4. The fourth-order valence-electron chi connectivity index (χ4n) is 1.75. The van der Waals surface area contributed by atoms with Gasteiger partial charge in [0.05, 0.1) is 0 Å². The van der Waals surface area contributed by atoms with E-state index in [0.29, 0.717) is 13.0 Å². The van der Waals surface area contributed by atoms with Gasteiger partial charge in [0.15, 0.2) is 0 Å². The summed E-state index contributed by atoms with van der Waals surface area (Å²) in [7, 11) is 3.17. The zero-order valence-corrected chi connectivity index (χ0v) is 11.4. The lowest BCUT2D eigenvalue weighted by Crippen LogP contribution is -2.47. The van der Waals surface area contributed by atoms with Crippen molar-refractivity contribution < 1.29 is 19.8 Å². The number of aliphatic hydroxyl groups is 1. The average molecular weight is 260 g/mol. The molecule has 0 aliphatic heterocycles. The Balaban J connectivity index is 4.22. The molecule has 0 radical (unpaired) electrons. The molecule has 0 fully saturated rings. The van der Waals surface area contributed by atoms with Crippen molar-refractivity contribution in [2.45, 2.75) is 38.6 Å². The Morgan fingerprint density at radius 1 is 1.17 bits per heavy atom. The number of aliphatic carboxylic acids is 1. The summed E-state index contributed by atoms with van der Waals surface area (Å²) in [5, 5.41) is 17.6. The molecule has 0 aliphatic rings. The quantitative estimate of drug-likeness (QED) is 0.638. The Bertz CT molecular complexity index is 271. The van der Waals surface area contributed by atoms with Crippen molar-refractivity contribution in [2.75, 3.05) is 27.2 Å². The van der Waals surface area contributed by atoms with Crippen molar-refractivity contribution in [2.24, 2.45) is 0 Å². The molecule has 0 saturated heterocycles. The zero-order chi connectivity index (χ0) is 14.1. The molecule has 0 heterocycles. The molecule has 0 saturated carbocycles. The third-order valence-corrected chi connectivity index (χ3v) is 2.92. The number of likely N-dealkylation sites (N-methyl/N-ethyl adjacent to an activating group) is 1. The first kappa shape index (κ1) is 16.7. The summed E-state index contributed by atoms with van der Waals surface area (Å²) in [5.74, 6) is -0.984. The van der Waals surface area contributed by atoms with Crippen LogP contribution in [0, 0.1) is 0 Å². The summed E-state index contributed by atoms with van der Waals surface area (Å²) in [6.07, 6.45) is 2.77. The molecule has 18 heavy (non-hydrogen) atoms. The van der Waals surface area contributed by atoms with E-state index >= 15 is 0 Å². The predicted octanol–water partition coefficient (Wildman–Crippen LogP) is 0.996. The van der Waals surface area contributed by atoms with Gasteiger partial charge in [-0.15, -0.1) is 0 Å². The third-order valence-electron chi connectivity index (χ3n) is 2.92. The predicted molar refractivity (Wildman–Crippen MR) is 68.4 cm³/mol. The van der Waals surface area contributed by atoms with E-state index in [-0.39, 0.29) is 12.6 Å². The SMILES string of the molecule is CCC(C(=O)O)N(C)C(=O)N(C)CCCCCO. The smallest absolute Gasteiger partial charge is 0.326 e. The van der Waals surface area contributed by atoms with E-state index in [0.717, 1.165) is 19.3 Å². The van der Waals surface area contributed by atoms with Crippen LogP contribution in [0.4, 0.5) is 4.79 Å². The highest BCUT2D eigenvalue weighted by Crippen LogP contribution is 2.06. The second-order valence-corrected chi connectivity index (χ2v) is 4.36. The summed E-state index contributed by atoms with van der Waals surface area (Å²) >= 11 is 0. The summed E-state index contributed by atoms with van der Waals surface area (Å²) < 4.78 is 0. The summed E-state index contributed by atoms with van der Waals surface area (Å²) in [6.45, 7) is 2.47. The van der Waals surface area contributed by atoms with Gasteiger partial charge in [0.25, 0.3) is 0 Å². The van der Waals surface area contributed by atoms with Gasteiger partial charge in [0.2, 0.25) is 0 Å². The maximum Gasteiger partial charge on any atom is 0.326 e. The number of carboxylic acid groups (broad SMARTS) is 1. The highest BCUT2D eigenvalue weighted by atomic mass is 16.4. The van der Waals surface area contributed by atoms with Crippen LogP contribution in [0.15, 0.2) is 0 Å². The number of nitrogens with zero attached hydrogens (tertiary/aromatic N) is 2. The highest BCUT2D eigenvalue weighted by Gasteiger charge is 2.26. The van der Waals surface area contributed by atoms with E-state index < -0.39 is 12.0 Å². The van der Waals surface area contributed by atoms with E-state index in [1.807, 2.05) is 0 Å². The van der Waals surface area contributed by atoms with E-state index in [2.05, 4.69) is 0 Å². The van der Waals surface area contributed by atoms with Crippen molar-refractivity contribution >= 4 is 12.0 Å². The second kappa shape index (κ2) is 8.74. The van der Waals surface area contributed by atoms with Gasteiger partial charge >= 0.3 is 12.0 Å². The fraction of sp³-hybridized carbons (Fsp3) is 0.833. The van der Waals surface area contributed by atoms with Crippen LogP contribution >= 0.6 is 0 Å². The Morgan fingerprint density at radius 2 is 1.78 bits per heavy atom. The molecule has 106 valence electrons. The van der Waals surface area contributed by atoms with Crippen molar-refractivity contribution in [1.82, 2.24) is 9.80 Å². The Hall–Kier alpha value is -1.30. The molecule has 0 aliphatic carbocycles. The lowest BCUT2D eigenvalue weighted by atomic mass is 10.2. The van der Waals surface area contributed by atoms with Crippen LogP contribution in [0.25, 0.3) is 0 Å². The Labute approximate surface area is 108 Å². The molecule has 1 atom stereocenters. The molecule has 2 N–H and O–H groups in total. The minimum atomic E-state index is -0.984. The molecular weight excluding hydrogens is 236 g/mol. The van der Waals surface area contributed by atoms with Crippen molar-refractivity contribution in [1.29, 1.82) is 0 Å². The van der Waals surface area contributed by atoms with Crippen LogP contribution in [0.3, 0.4) is 0 Å². The first-order valence-corrected chi connectivity index (χ1v) is 6.27. The maximum absolute atomic E-state index is 12.0. The third kappa shape index (κ3) is 5.35. The highest BCUT2D eigenvalue weighted by molar-refractivity contribution is 5.82. The average Bonchev–Trinajstić information content (AvgIpc) is 2.33. The van der Waals surface area contributed by atoms with Crippen molar-refractivity contribution in [3.05, 3.63) is 0 Å². The molecule has 0 spiro atoms. The van der Waals surface area contributed by atoms with Crippen molar-refractivity contribution in [3.8, 4) is 0 Å². The molecule has 0 aromatic heterocycles. The van der Waals surface area contributed by atoms with E-state index in [9.17, 15) is 9.59 Å². The summed E-state index contributed by atoms with van der Waals surface area (Å²) in [4.78, 5) is 25.7. The van der Waals surface area contributed by atoms with E-state index in [1.54, 1.807) is 14.0 Å². The number of carboxylic acids is 1. The van der Waals surface area contributed by atoms with Gasteiger partial charge in [-0.25, -0.2) is 9.59 Å². The number of aliphatic hydroxyl groups excluding tert-OH is 1. The summed E-state index contributed by atoms with van der Waals surface area (Å²) in [5.41, 5.74) is 0. The molecule has 0 aromatic rings. The Kier molecular flexibility index (Phi) is 8.11. The number of amides is 2. The first-order chi connectivity index (χ1) is 8.45. The standard InChI is InChI=1S/C12H24N2O4/c1-4-10(11(16)17)14(3)12(18)13(2)8-6-5-7-9-15/h10,15H,4-9H2,1-3H3,(H,16,17). The van der Waals surface area contributed by atoms with Crippen LogP contribution in [-0.4, -0.2) is 65.3 Å². The Morgan fingerprint density at radius 3 is 2.22 bits per heavy atom. The normalized spacial score (nSPS) is 12.0. The number of carbonyl (C=O) groups excluding carboxylic acids is 1. The molecule has 1 unspecified atom stereocenters. The topological polar surface area (TPSA) is 81.1 Å². The van der Waals surface area contributed by atoms with Crippen LogP contribution in [0.2, 0.25) is 0 Å². The minimum absolute atomic E-state index is 0.161. The molecule has 2 amide bonds. The number of hydrogen-bond donors (Lipinski definition) is 2.